The Balaban J connectivity index is 2.29. The van der Waals surface area contributed by atoms with Crippen molar-refractivity contribution in [2.45, 2.75) is 51.7 Å². The Morgan fingerprint density at radius 2 is 1.86 bits per heavy atom. The number of rotatable bonds is 3. The molecule has 1 rings (SSSR count). The number of hydrogen-bond donors (Lipinski definition) is 0. The van der Waals surface area contributed by atoms with Gasteiger partial charge in [-0.3, -0.25) is 4.79 Å². The van der Waals surface area contributed by atoms with Gasteiger partial charge >= 0.3 is 11.9 Å². The summed E-state index contributed by atoms with van der Waals surface area (Å²) < 4.78 is 9.87. The summed E-state index contributed by atoms with van der Waals surface area (Å²) in [6.07, 6.45) is 3.32. The van der Waals surface area contributed by atoms with E-state index < -0.39 is 18.0 Å². The quantitative estimate of drug-likeness (QED) is 0.646. The van der Waals surface area contributed by atoms with E-state index in [9.17, 15) is 9.59 Å². The molecular formula is C10H16O4. The summed E-state index contributed by atoms with van der Waals surface area (Å²) in [7, 11) is 0. The molecule has 0 bridgehead atoms. The molecule has 1 aliphatic rings. The van der Waals surface area contributed by atoms with Crippen LogP contribution in [0.15, 0.2) is 0 Å². The molecular weight excluding hydrogens is 184 g/mol. The van der Waals surface area contributed by atoms with Crippen LogP contribution in [0.5, 0.6) is 0 Å². The van der Waals surface area contributed by atoms with Crippen LogP contribution in [0.4, 0.5) is 0 Å². The van der Waals surface area contributed by atoms with Gasteiger partial charge in [0.2, 0.25) is 0 Å². The van der Waals surface area contributed by atoms with Gasteiger partial charge in [0, 0.05) is 6.92 Å². The molecule has 4 nitrogen and oxygen atoms in total. The van der Waals surface area contributed by atoms with E-state index in [1.165, 1.54) is 13.8 Å². The fourth-order valence-electron chi connectivity index (χ4n) is 1.56. The SMILES string of the molecule is CC(=O)OC(C)C(=O)OC1CCCC1. The summed E-state index contributed by atoms with van der Waals surface area (Å²) in [6.45, 7) is 2.80. The van der Waals surface area contributed by atoms with Crippen molar-refractivity contribution in [1.82, 2.24) is 0 Å². The van der Waals surface area contributed by atoms with E-state index in [-0.39, 0.29) is 6.10 Å². The van der Waals surface area contributed by atoms with Crippen LogP contribution in [0.3, 0.4) is 0 Å². The van der Waals surface area contributed by atoms with Crippen LogP contribution in [0, 0.1) is 0 Å². The van der Waals surface area contributed by atoms with Crippen LogP contribution in [-0.4, -0.2) is 24.1 Å². The van der Waals surface area contributed by atoms with Gasteiger partial charge in [0.15, 0.2) is 6.10 Å². The van der Waals surface area contributed by atoms with Gasteiger partial charge in [-0.25, -0.2) is 4.79 Å². The van der Waals surface area contributed by atoms with Gasteiger partial charge < -0.3 is 9.47 Å². The minimum atomic E-state index is -0.784. The lowest BCUT2D eigenvalue weighted by Crippen LogP contribution is -2.28. The van der Waals surface area contributed by atoms with Gasteiger partial charge in [-0.15, -0.1) is 0 Å². The molecule has 14 heavy (non-hydrogen) atoms. The fraction of sp³-hybridized carbons (Fsp3) is 0.800. The molecule has 0 saturated heterocycles. The van der Waals surface area contributed by atoms with Crippen LogP contribution >= 0.6 is 0 Å². The summed E-state index contributed by atoms with van der Waals surface area (Å²) in [5.74, 6) is -0.895. The van der Waals surface area contributed by atoms with E-state index in [1.54, 1.807) is 0 Å². The van der Waals surface area contributed by atoms with Crippen LogP contribution in [-0.2, 0) is 19.1 Å². The van der Waals surface area contributed by atoms with E-state index >= 15 is 0 Å². The molecule has 1 unspecified atom stereocenters. The van der Waals surface area contributed by atoms with Crippen LogP contribution in [0.25, 0.3) is 0 Å². The maximum Gasteiger partial charge on any atom is 0.347 e. The first-order chi connectivity index (χ1) is 6.59. The van der Waals surface area contributed by atoms with Gasteiger partial charge in [-0.1, -0.05) is 0 Å². The van der Waals surface area contributed by atoms with Gasteiger partial charge in [0.05, 0.1) is 0 Å². The predicted octanol–water partition coefficient (Wildman–Crippen LogP) is 1.42. The van der Waals surface area contributed by atoms with Gasteiger partial charge in [-0.05, 0) is 32.6 Å². The highest BCUT2D eigenvalue weighted by Crippen LogP contribution is 2.21. The monoisotopic (exact) mass is 200 g/mol. The van der Waals surface area contributed by atoms with Crippen LogP contribution in [0.1, 0.15) is 39.5 Å². The van der Waals surface area contributed by atoms with Crippen molar-refractivity contribution >= 4 is 11.9 Å². The average molecular weight is 200 g/mol. The van der Waals surface area contributed by atoms with E-state index in [4.69, 9.17) is 9.47 Å². The first-order valence-corrected chi connectivity index (χ1v) is 4.97. The first kappa shape index (κ1) is 11.0. The third-order valence-corrected chi connectivity index (χ3v) is 2.26. The molecule has 1 atom stereocenters. The normalized spacial score (nSPS) is 19.0. The van der Waals surface area contributed by atoms with E-state index in [0.29, 0.717) is 0 Å². The Bertz CT molecular complexity index is 218. The summed E-state index contributed by atoms with van der Waals surface area (Å²) >= 11 is 0. The van der Waals surface area contributed by atoms with Crippen molar-refractivity contribution in [2.75, 3.05) is 0 Å². The van der Waals surface area contributed by atoms with Crippen molar-refractivity contribution in [3.63, 3.8) is 0 Å². The zero-order chi connectivity index (χ0) is 10.6. The summed E-state index contributed by atoms with van der Waals surface area (Å²) in [6, 6.07) is 0. The molecule has 0 aliphatic heterocycles. The number of esters is 2. The summed E-state index contributed by atoms with van der Waals surface area (Å²) in [4.78, 5) is 21.9. The average Bonchev–Trinajstić information content (AvgIpc) is 2.55. The largest absolute Gasteiger partial charge is 0.460 e. The molecule has 0 spiro atoms. The highest BCUT2D eigenvalue weighted by molar-refractivity contribution is 5.78. The topological polar surface area (TPSA) is 52.6 Å². The molecule has 1 saturated carbocycles. The second kappa shape index (κ2) is 4.98. The maximum atomic E-state index is 11.3. The van der Waals surface area contributed by atoms with Crippen molar-refractivity contribution in [3.8, 4) is 0 Å². The second-order valence-corrected chi connectivity index (χ2v) is 3.60. The minimum Gasteiger partial charge on any atom is -0.460 e. The number of hydrogen-bond acceptors (Lipinski definition) is 4. The van der Waals surface area contributed by atoms with Gasteiger partial charge in [0.1, 0.15) is 6.10 Å². The first-order valence-electron chi connectivity index (χ1n) is 4.97. The Kier molecular flexibility index (Phi) is 3.92. The molecule has 0 aromatic carbocycles. The summed E-state index contributed by atoms with van der Waals surface area (Å²) in [5.41, 5.74) is 0. The Morgan fingerprint density at radius 3 is 2.36 bits per heavy atom. The van der Waals surface area contributed by atoms with Crippen molar-refractivity contribution in [1.29, 1.82) is 0 Å². The molecule has 0 aromatic heterocycles. The molecule has 80 valence electrons. The second-order valence-electron chi connectivity index (χ2n) is 3.60. The molecule has 1 fully saturated rings. The van der Waals surface area contributed by atoms with E-state index in [0.717, 1.165) is 25.7 Å². The highest BCUT2D eigenvalue weighted by Gasteiger charge is 2.24. The Hall–Kier alpha value is -1.06. The number of carbonyl (C=O) groups excluding carboxylic acids is 2. The molecule has 0 heterocycles. The molecule has 0 aromatic rings. The minimum absolute atomic E-state index is 0.0282. The number of carbonyl (C=O) groups is 2. The van der Waals surface area contributed by atoms with E-state index in [2.05, 4.69) is 0 Å². The smallest absolute Gasteiger partial charge is 0.347 e. The third kappa shape index (κ3) is 3.36. The zero-order valence-corrected chi connectivity index (χ0v) is 8.62. The van der Waals surface area contributed by atoms with E-state index in [1.807, 2.05) is 0 Å². The van der Waals surface area contributed by atoms with Crippen molar-refractivity contribution < 1.29 is 19.1 Å². The summed E-state index contributed by atoms with van der Waals surface area (Å²) in [5, 5.41) is 0. The van der Waals surface area contributed by atoms with Crippen molar-refractivity contribution in [3.05, 3.63) is 0 Å². The predicted molar refractivity (Wildman–Crippen MR) is 49.6 cm³/mol. The molecule has 0 radical (unpaired) electrons. The molecule has 0 amide bonds. The standard InChI is InChI=1S/C10H16O4/c1-7(13-8(2)11)10(12)14-9-5-3-4-6-9/h7,9H,3-6H2,1-2H3. The zero-order valence-electron chi connectivity index (χ0n) is 8.62. The fourth-order valence-corrected chi connectivity index (χ4v) is 1.56. The molecule has 1 aliphatic carbocycles. The Labute approximate surface area is 83.6 Å². The Morgan fingerprint density at radius 1 is 1.29 bits per heavy atom. The molecule has 4 heteroatoms. The number of ether oxygens (including phenoxy) is 2. The lowest BCUT2D eigenvalue weighted by atomic mass is 10.3. The molecule has 0 N–H and O–H groups in total. The highest BCUT2D eigenvalue weighted by atomic mass is 16.6. The van der Waals surface area contributed by atoms with Crippen molar-refractivity contribution in [2.24, 2.45) is 0 Å². The lowest BCUT2D eigenvalue weighted by molar-refractivity contribution is -0.168. The third-order valence-electron chi connectivity index (χ3n) is 2.26. The van der Waals surface area contributed by atoms with Gasteiger partial charge in [0.25, 0.3) is 0 Å². The lowest BCUT2D eigenvalue weighted by Gasteiger charge is -2.15. The van der Waals surface area contributed by atoms with Crippen LogP contribution < -0.4 is 0 Å². The maximum absolute atomic E-state index is 11.3. The van der Waals surface area contributed by atoms with Crippen LogP contribution in [0.2, 0.25) is 0 Å². The van der Waals surface area contributed by atoms with Gasteiger partial charge in [-0.2, -0.15) is 0 Å².